The Hall–Kier alpha value is -1.46. The van der Waals surface area contributed by atoms with E-state index in [1.165, 1.54) is 0 Å². The quantitative estimate of drug-likeness (QED) is 0.889. The minimum Gasteiger partial charge on any atom is -0.308 e. The average molecular weight is 294 g/mol. The Morgan fingerprint density at radius 1 is 1.40 bits per heavy atom. The second kappa shape index (κ2) is 6.81. The van der Waals surface area contributed by atoms with Crippen LogP contribution < -0.4 is 5.32 Å². The number of nitrogens with one attached hydrogen (secondary N) is 1. The molecule has 0 spiro atoms. The monoisotopic (exact) mass is 293 g/mol. The molecule has 108 valence electrons. The van der Waals surface area contributed by atoms with Crippen LogP contribution in [0.3, 0.4) is 0 Å². The van der Waals surface area contributed by atoms with Crippen molar-refractivity contribution in [2.24, 2.45) is 7.05 Å². The summed E-state index contributed by atoms with van der Waals surface area (Å²) in [4.78, 5) is 8.55. The number of nitrogens with zero attached hydrogens (tertiary/aromatic N) is 4. The molecule has 2 aromatic heterocycles. The Kier molecular flexibility index (Phi) is 5.09. The van der Waals surface area contributed by atoms with E-state index in [1.54, 1.807) is 23.3 Å². The van der Waals surface area contributed by atoms with Crippen LogP contribution >= 0.6 is 11.6 Å². The lowest BCUT2D eigenvalue weighted by Crippen LogP contribution is -2.25. The third kappa shape index (κ3) is 3.35. The van der Waals surface area contributed by atoms with Gasteiger partial charge < -0.3 is 5.32 Å². The van der Waals surface area contributed by atoms with Crippen LogP contribution in [0.25, 0.3) is 0 Å². The number of halogens is 1. The molecule has 20 heavy (non-hydrogen) atoms. The fourth-order valence-electron chi connectivity index (χ4n) is 2.20. The Bertz CT molecular complexity index is 552. The van der Waals surface area contributed by atoms with E-state index < -0.39 is 0 Å². The molecule has 0 amide bonds. The summed E-state index contributed by atoms with van der Waals surface area (Å²) in [5.74, 6) is 0. The van der Waals surface area contributed by atoms with Crippen LogP contribution in [-0.4, -0.2) is 26.3 Å². The number of aromatic nitrogens is 4. The number of hydrogen-bond donors (Lipinski definition) is 1. The van der Waals surface area contributed by atoms with Crippen LogP contribution in [0.2, 0.25) is 5.15 Å². The SMILES string of the molecule is CCCNC(Cc1c(C)nn(C)c1Cl)c1cnccn1. The molecular formula is C14H20ClN5. The van der Waals surface area contributed by atoms with Crippen LogP contribution in [-0.2, 0) is 13.5 Å². The van der Waals surface area contributed by atoms with Gasteiger partial charge >= 0.3 is 0 Å². The van der Waals surface area contributed by atoms with Gasteiger partial charge in [0.15, 0.2) is 0 Å². The van der Waals surface area contributed by atoms with Crippen LogP contribution in [0.15, 0.2) is 18.6 Å². The fraction of sp³-hybridized carbons (Fsp3) is 0.500. The zero-order chi connectivity index (χ0) is 14.5. The first-order valence-corrected chi connectivity index (χ1v) is 7.18. The van der Waals surface area contributed by atoms with E-state index in [-0.39, 0.29) is 6.04 Å². The van der Waals surface area contributed by atoms with E-state index in [0.29, 0.717) is 5.15 Å². The van der Waals surface area contributed by atoms with Gasteiger partial charge in [0.1, 0.15) is 5.15 Å². The summed E-state index contributed by atoms with van der Waals surface area (Å²) < 4.78 is 1.71. The summed E-state index contributed by atoms with van der Waals surface area (Å²) in [6.07, 6.45) is 7.02. The molecule has 0 aliphatic rings. The van der Waals surface area contributed by atoms with E-state index >= 15 is 0 Å². The van der Waals surface area contributed by atoms with Crippen LogP contribution in [0.1, 0.15) is 36.3 Å². The fourth-order valence-corrected chi connectivity index (χ4v) is 2.45. The van der Waals surface area contributed by atoms with Gasteiger partial charge in [-0.2, -0.15) is 5.10 Å². The van der Waals surface area contributed by atoms with Crippen molar-refractivity contribution in [1.29, 1.82) is 0 Å². The van der Waals surface area contributed by atoms with E-state index in [0.717, 1.165) is 36.3 Å². The zero-order valence-corrected chi connectivity index (χ0v) is 12.9. The third-order valence-electron chi connectivity index (χ3n) is 3.26. The Labute approximate surface area is 124 Å². The van der Waals surface area contributed by atoms with Gasteiger partial charge in [0.05, 0.1) is 17.4 Å². The van der Waals surface area contributed by atoms with E-state index in [9.17, 15) is 0 Å². The van der Waals surface area contributed by atoms with Crippen molar-refractivity contribution in [3.63, 3.8) is 0 Å². The predicted octanol–water partition coefficient (Wildman–Crippen LogP) is 2.46. The molecule has 0 aliphatic heterocycles. The van der Waals surface area contributed by atoms with Crippen molar-refractivity contribution in [2.75, 3.05) is 6.54 Å². The normalized spacial score (nSPS) is 12.6. The summed E-state index contributed by atoms with van der Waals surface area (Å²) in [7, 11) is 1.86. The predicted molar refractivity (Wildman–Crippen MR) is 79.7 cm³/mol. The van der Waals surface area contributed by atoms with Crippen molar-refractivity contribution in [2.45, 2.75) is 32.7 Å². The molecule has 6 heteroatoms. The topological polar surface area (TPSA) is 55.6 Å². The van der Waals surface area contributed by atoms with Crippen molar-refractivity contribution < 1.29 is 0 Å². The lowest BCUT2D eigenvalue weighted by molar-refractivity contribution is 0.515. The minimum atomic E-state index is 0.101. The summed E-state index contributed by atoms with van der Waals surface area (Å²) in [5.41, 5.74) is 2.96. The van der Waals surface area contributed by atoms with Gasteiger partial charge in [-0.25, -0.2) is 0 Å². The highest BCUT2D eigenvalue weighted by Crippen LogP contribution is 2.24. The minimum absolute atomic E-state index is 0.101. The third-order valence-corrected chi connectivity index (χ3v) is 3.73. The molecule has 0 bridgehead atoms. The van der Waals surface area contributed by atoms with Gasteiger partial charge in [0, 0.05) is 31.2 Å². The van der Waals surface area contributed by atoms with Crippen LogP contribution in [0, 0.1) is 6.92 Å². The average Bonchev–Trinajstić information content (AvgIpc) is 2.70. The smallest absolute Gasteiger partial charge is 0.130 e. The molecule has 5 nitrogen and oxygen atoms in total. The van der Waals surface area contributed by atoms with E-state index in [2.05, 4.69) is 27.3 Å². The standard InChI is InChI=1S/C14H20ClN5/c1-4-5-17-12(13-9-16-6-7-18-13)8-11-10(2)19-20(3)14(11)15/h6-7,9,12,17H,4-5,8H2,1-3H3. The van der Waals surface area contributed by atoms with E-state index in [4.69, 9.17) is 11.6 Å². The number of hydrogen-bond acceptors (Lipinski definition) is 4. The molecule has 0 aromatic carbocycles. The molecule has 1 unspecified atom stereocenters. The molecule has 1 atom stereocenters. The first-order chi connectivity index (χ1) is 9.63. The van der Waals surface area contributed by atoms with Gasteiger partial charge in [-0.3, -0.25) is 14.6 Å². The molecule has 2 aromatic rings. The van der Waals surface area contributed by atoms with Crippen LogP contribution in [0.4, 0.5) is 0 Å². The Morgan fingerprint density at radius 3 is 2.75 bits per heavy atom. The molecule has 2 heterocycles. The van der Waals surface area contributed by atoms with Crippen molar-refractivity contribution in [3.8, 4) is 0 Å². The maximum Gasteiger partial charge on any atom is 0.130 e. The lowest BCUT2D eigenvalue weighted by atomic mass is 10.0. The molecule has 0 saturated carbocycles. The van der Waals surface area contributed by atoms with E-state index in [1.807, 2.05) is 14.0 Å². The first-order valence-electron chi connectivity index (χ1n) is 6.80. The van der Waals surface area contributed by atoms with Gasteiger partial charge in [-0.05, 0) is 26.3 Å². The summed E-state index contributed by atoms with van der Waals surface area (Å²) in [6, 6.07) is 0.101. The van der Waals surface area contributed by atoms with Crippen molar-refractivity contribution >= 4 is 11.6 Å². The summed E-state index contributed by atoms with van der Waals surface area (Å²) in [6.45, 7) is 5.05. The van der Waals surface area contributed by atoms with Gasteiger partial charge in [-0.15, -0.1) is 0 Å². The maximum atomic E-state index is 6.32. The van der Waals surface area contributed by atoms with Gasteiger partial charge in [-0.1, -0.05) is 18.5 Å². The Morgan fingerprint density at radius 2 is 2.20 bits per heavy atom. The molecule has 1 N–H and O–H groups in total. The van der Waals surface area contributed by atoms with Gasteiger partial charge in [0.25, 0.3) is 0 Å². The zero-order valence-electron chi connectivity index (χ0n) is 12.1. The second-order valence-corrected chi connectivity index (χ2v) is 5.18. The number of aryl methyl sites for hydroxylation is 2. The molecule has 2 rings (SSSR count). The van der Waals surface area contributed by atoms with Crippen molar-refractivity contribution in [3.05, 3.63) is 40.7 Å². The largest absolute Gasteiger partial charge is 0.308 e. The first kappa shape index (κ1) is 14.9. The summed E-state index contributed by atoms with van der Waals surface area (Å²) >= 11 is 6.32. The van der Waals surface area contributed by atoms with Gasteiger partial charge in [0.2, 0.25) is 0 Å². The highest BCUT2D eigenvalue weighted by molar-refractivity contribution is 6.30. The van der Waals surface area contributed by atoms with Crippen LogP contribution in [0.5, 0.6) is 0 Å². The summed E-state index contributed by atoms with van der Waals surface area (Å²) in [5, 5.41) is 8.55. The highest BCUT2D eigenvalue weighted by atomic mass is 35.5. The molecule has 0 aliphatic carbocycles. The molecule has 0 radical (unpaired) electrons. The number of rotatable bonds is 6. The highest BCUT2D eigenvalue weighted by Gasteiger charge is 2.19. The molecule has 0 saturated heterocycles. The maximum absolute atomic E-state index is 6.32. The molecular weight excluding hydrogens is 274 g/mol. The Balaban J connectivity index is 2.24. The van der Waals surface area contributed by atoms with Crippen molar-refractivity contribution in [1.82, 2.24) is 25.1 Å². The second-order valence-electron chi connectivity index (χ2n) is 4.82. The molecule has 0 fully saturated rings. The lowest BCUT2D eigenvalue weighted by Gasteiger charge is -2.17.